The summed E-state index contributed by atoms with van der Waals surface area (Å²) in [6.07, 6.45) is 0. The number of piperazine rings is 1. The molecule has 0 radical (unpaired) electrons. The van der Waals surface area contributed by atoms with Gasteiger partial charge in [-0.2, -0.15) is 0 Å². The van der Waals surface area contributed by atoms with Gasteiger partial charge in [0.05, 0.1) is 23.8 Å². The van der Waals surface area contributed by atoms with Crippen LogP contribution in [-0.2, 0) is 0 Å². The zero-order valence-corrected chi connectivity index (χ0v) is 18.2. The Morgan fingerprint density at radius 3 is 2.39 bits per heavy atom. The Morgan fingerprint density at radius 2 is 1.74 bits per heavy atom. The van der Waals surface area contributed by atoms with E-state index in [-0.39, 0.29) is 17.7 Å². The average Bonchev–Trinajstić information content (AvgIpc) is 3.18. The summed E-state index contributed by atoms with van der Waals surface area (Å²) in [5, 5.41) is 4.65. The number of aryl methyl sites for hydroxylation is 1. The van der Waals surface area contributed by atoms with Crippen LogP contribution in [0, 0.1) is 6.92 Å². The second-order valence-electron chi connectivity index (χ2n) is 8.01. The van der Waals surface area contributed by atoms with Crippen molar-refractivity contribution < 1.29 is 18.8 Å². The lowest BCUT2D eigenvalue weighted by molar-refractivity contribution is 0.0536. The molecule has 0 spiro atoms. The summed E-state index contributed by atoms with van der Waals surface area (Å²) in [6, 6.07) is 8.95. The van der Waals surface area contributed by atoms with Gasteiger partial charge in [0.1, 0.15) is 5.75 Å². The van der Waals surface area contributed by atoms with Crippen molar-refractivity contribution in [3.8, 4) is 5.75 Å². The number of carbonyl (C=O) groups is 2. The first-order valence-corrected chi connectivity index (χ1v) is 10.4. The molecule has 0 aliphatic carbocycles. The van der Waals surface area contributed by atoms with Gasteiger partial charge in [0.2, 0.25) is 0 Å². The Morgan fingerprint density at radius 1 is 1.06 bits per heavy atom. The third-order valence-electron chi connectivity index (χ3n) is 5.63. The number of aromatic nitrogens is 2. The van der Waals surface area contributed by atoms with Crippen LogP contribution in [0.4, 0.5) is 0 Å². The van der Waals surface area contributed by atoms with E-state index >= 15 is 0 Å². The van der Waals surface area contributed by atoms with E-state index in [0.29, 0.717) is 59.8 Å². The average molecular weight is 422 g/mol. The van der Waals surface area contributed by atoms with Crippen LogP contribution in [0.1, 0.15) is 51.9 Å². The number of carbonyl (C=O) groups excluding carboxylic acids is 2. The van der Waals surface area contributed by atoms with Gasteiger partial charge in [0.15, 0.2) is 0 Å². The maximum absolute atomic E-state index is 13.4. The quantitative estimate of drug-likeness (QED) is 0.641. The van der Waals surface area contributed by atoms with E-state index in [4.69, 9.17) is 9.26 Å². The summed E-state index contributed by atoms with van der Waals surface area (Å²) in [5.74, 6) is 0.647. The predicted molar refractivity (Wildman–Crippen MR) is 115 cm³/mol. The Balaban J connectivity index is 1.52. The summed E-state index contributed by atoms with van der Waals surface area (Å²) >= 11 is 0. The SMILES string of the molecule is COc1cccc(C(=O)N2CCN(C(=O)c3cc(C(C)C)nc4onc(C)c34)CC2)c1. The lowest BCUT2D eigenvalue weighted by Crippen LogP contribution is -2.50. The van der Waals surface area contributed by atoms with Gasteiger partial charge in [-0.25, -0.2) is 4.98 Å². The van der Waals surface area contributed by atoms with Crippen LogP contribution < -0.4 is 4.74 Å². The fraction of sp³-hybridized carbons (Fsp3) is 0.391. The molecule has 0 bridgehead atoms. The Hall–Kier alpha value is -3.42. The van der Waals surface area contributed by atoms with E-state index in [0.717, 1.165) is 5.69 Å². The van der Waals surface area contributed by atoms with Crippen LogP contribution in [0.25, 0.3) is 11.1 Å². The fourth-order valence-corrected chi connectivity index (χ4v) is 3.80. The number of methoxy groups -OCH3 is 1. The van der Waals surface area contributed by atoms with E-state index in [1.165, 1.54) is 0 Å². The van der Waals surface area contributed by atoms with Crippen LogP contribution in [0.2, 0.25) is 0 Å². The Bertz CT molecular complexity index is 1130. The highest BCUT2D eigenvalue weighted by molar-refractivity contribution is 6.06. The Kier molecular flexibility index (Phi) is 5.63. The van der Waals surface area contributed by atoms with Crippen molar-refractivity contribution in [3.05, 3.63) is 52.8 Å². The molecule has 1 fully saturated rings. The van der Waals surface area contributed by atoms with E-state index in [1.54, 1.807) is 41.2 Å². The number of nitrogens with zero attached hydrogens (tertiary/aromatic N) is 4. The number of benzene rings is 1. The van der Waals surface area contributed by atoms with Crippen LogP contribution >= 0.6 is 0 Å². The number of hydrogen-bond acceptors (Lipinski definition) is 6. The number of ether oxygens (including phenoxy) is 1. The van der Waals surface area contributed by atoms with Crippen LogP contribution in [0.5, 0.6) is 5.75 Å². The van der Waals surface area contributed by atoms with Gasteiger partial charge in [0, 0.05) is 37.4 Å². The van der Waals surface area contributed by atoms with Crippen molar-refractivity contribution in [1.29, 1.82) is 0 Å². The molecule has 162 valence electrons. The third-order valence-corrected chi connectivity index (χ3v) is 5.63. The van der Waals surface area contributed by atoms with Gasteiger partial charge in [-0.15, -0.1) is 0 Å². The molecule has 0 unspecified atom stereocenters. The number of amides is 2. The summed E-state index contributed by atoms with van der Waals surface area (Å²) in [5.41, 5.74) is 2.96. The smallest absolute Gasteiger partial charge is 0.259 e. The second kappa shape index (κ2) is 8.37. The van der Waals surface area contributed by atoms with Crippen LogP contribution in [0.15, 0.2) is 34.9 Å². The minimum atomic E-state index is -0.0888. The molecule has 1 aromatic carbocycles. The summed E-state index contributed by atoms with van der Waals surface area (Å²) < 4.78 is 10.6. The Labute approximate surface area is 180 Å². The minimum absolute atomic E-state index is 0.0609. The van der Waals surface area contributed by atoms with Gasteiger partial charge < -0.3 is 19.1 Å². The molecular weight excluding hydrogens is 396 g/mol. The van der Waals surface area contributed by atoms with Gasteiger partial charge in [-0.3, -0.25) is 9.59 Å². The minimum Gasteiger partial charge on any atom is -0.497 e. The molecule has 3 heterocycles. The first-order valence-electron chi connectivity index (χ1n) is 10.4. The van der Waals surface area contributed by atoms with Gasteiger partial charge in [-0.1, -0.05) is 25.1 Å². The molecule has 0 N–H and O–H groups in total. The number of pyridine rings is 1. The van der Waals surface area contributed by atoms with Crippen molar-refractivity contribution >= 4 is 22.9 Å². The monoisotopic (exact) mass is 422 g/mol. The molecule has 0 atom stereocenters. The molecule has 4 rings (SSSR count). The van der Waals surface area contributed by atoms with Crippen LogP contribution in [-0.4, -0.2) is 65.0 Å². The third kappa shape index (κ3) is 3.97. The van der Waals surface area contributed by atoms with Crippen molar-refractivity contribution in [2.75, 3.05) is 33.3 Å². The molecular formula is C23H26N4O4. The highest BCUT2D eigenvalue weighted by Crippen LogP contribution is 2.26. The molecule has 1 saturated heterocycles. The zero-order chi connectivity index (χ0) is 22.1. The number of hydrogen-bond donors (Lipinski definition) is 0. The topological polar surface area (TPSA) is 88.8 Å². The molecule has 0 saturated carbocycles. The highest BCUT2D eigenvalue weighted by Gasteiger charge is 2.28. The largest absolute Gasteiger partial charge is 0.497 e. The summed E-state index contributed by atoms with van der Waals surface area (Å²) in [7, 11) is 1.58. The standard InChI is InChI=1S/C23H26N4O4/c1-14(2)19-13-18(20-15(3)25-31-21(20)24-19)23(29)27-10-8-26(9-11-27)22(28)16-6-5-7-17(12-16)30-4/h5-7,12-14H,8-11H2,1-4H3. The second-order valence-corrected chi connectivity index (χ2v) is 8.01. The first-order chi connectivity index (χ1) is 14.9. The molecule has 8 heteroatoms. The zero-order valence-electron chi connectivity index (χ0n) is 18.2. The number of rotatable bonds is 4. The molecule has 31 heavy (non-hydrogen) atoms. The lowest BCUT2D eigenvalue weighted by Gasteiger charge is -2.35. The van der Waals surface area contributed by atoms with Crippen LogP contribution in [0.3, 0.4) is 0 Å². The maximum atomic E-state index is 13.4. The molecule has 2 amide bonds. The molecule has 1 aliphatic rings. The van der Waals surface area contributed by atoms with Gasteiger partial charge in [-0.05, 0) is 37.1 Å². The molecule has 2 aromatic heterocycles. The van der Waals surface area contributed by atoms with Gasteiger partial charge in [0.25, 0.3) is 17.5 Å². The fourth-order valence-electron chi connectivity index (χ4n) is 3.80. The van der Waals surface area contributed by atoms with Crippen molar-refractivity contribution in [2.45, 2.75) is 26.7 Å². The molecule has 8 nitrogen and oxygen atoms in total. The van der Waals surface area contributed by atoms with Crippen molar-refractivity contribution in [1.82, 2.24) is 19.9 Å². The maximum Gasteiger partial charge on any atom is 0.259 e. The van der Waals surface area contributed by atoms with E-state index in [1.807, 2.05) is 26.8 Å². The van der Waals surface area contributed by atoms with E-state index in [2.05, 4.69) is 10.1 Å². The van der Waals surface area contributed by atoms with E-state index in [9.17, 15) is 9.59 Å². The van der Waals surface area contributed by atoms with E-state index < -0.39 is 0 Å². The molecule has 3 aromatic rings. The van der Waals surface area contributed by atoms with Crippen molar-refractivity contribution in [2.24, 2.45) is 0 Å². The van der Waals surface area contributed by atoms with Gasteiger partial charge >= 0.3 is 0 Å². The normalized spacial score (nSPS) is 14.4. The predicted octanol–water partition coefficient (Wildman–Crippen LogP) is 3.26. The first kappa shape index (κ1) is 20.8. The summed E-state index contributed by atoms with van der Waals surface area (Å²) in [6.45, 7) is 7.71. The highest BCUT2D eigenvalue weighted by atomic mass is 16.5. The number of fused-ring (bicyclic) bond motifs is 1. The van der Waals surface area contributed by atoms with Crippen molar-refractivity contribution in [3.63, 3.8) is 0 Å². The lowest BCUT2D eigenvalue weighted by atomic mass is 10.0. The summed E-state index contributed by atoms with van der Waals surface area (Å²) in [4.78, 5) is 34.3. The molecule has 1 aliphatic heterocycles.